The van der Waals surface area contributed by atoms with Crippen molar-refractivity contribution in [2.75, 3.05) is 11.9 Å². The molecule has 1 aromatic carbocycles. The highest BCUT2D eigenvalue weighted by Crippen LogP contribution is 2.32. The van der Waals surface area contributed by atoms with Crippen molar-refractivity contribution in [1.82, 2.24) is 10.3 Å². The first-order valence-corrected chi connectivity index (χ1v) is 7.03. The van der Waals surface area contributed by atoms with Crippen LogP contribution >= 0.6 is 0 Å². The molecule has 2 aromatic rings. The zero-order valence-corrected chi connectivity index (χ0v) is 12.8. The van der Waals surface area contributed by atoms with Gasteiger partial charge in [-0.1, -0.05) is 18.2 Å². The number of nitrogens with one attached hydrogen (secondary N) is 2. The van der Waals surface area contributed by atoms with E-state index >= 15 is 0 Å². The van der Waals surface area contributed by atoms with Gasteiger partial charge in [-0.2, -0.15) is 13.2 Å². The number of carbonyl (C=O) groups is 1. The van der Waals surface area contributed by atoms with Crippen LogP contribution in [0, 0.1) is 0 Å². The monoisotopic (exact) mass is 339 g/mol. The molecule has 3 N–H and O–H groups in total. The van der Waals surface area contributed by atoms with Gasteiger partial charge >= 0.3 is 12.2 Å². The lowest BCUT2D eigenvalue weighted by atomic mass is 9.91. The number of aromatic nitrogens is 1. The molecule has 0 aliphatic rings. The van der Waals surface area contributed by atoms with Crippen LogP contribution in [0.5, 0.6) is 0 Å². The molecule has 0 bridgehead atoms. The van der Waals surface area contributed by atoms with Crippen LogP contribution in [0.2, 0.25) is 0 Å². The van der Waals surface area contributed by atoms with E-state index in [2.05, 4.69) is 15.6 Å². The fourth-order valence-electron chi connectivity index (χ4n) is 2.08. The highest BCUT2D eigenvalue weighted by atomic mass is 19.4. The van der Waals surface area contributed by atoms with Gasteiger partial charge in [0, 0.05) is 6.20 Å². The minimum absolute atomic E-state index is 0.135. The molecule has 2 amide bonds. The number of pyridine rings is 1. The van der Waals surface area contributed by atoms with Crippen LogP contribution in [0.1, 0.15) is 18.1 Å². The molecular formula is C16H16F3N3O2. The number of hydrogen-bond acceptors (Lipinski definition) is 3. The SMILES string of the molecule is C[C@@](CO)(NC(=O)Nc1ccccn1)c1cccc(C(F)(F)F)c1. The van der Waals surface area contributed by atoms with Crippen LogP contribution in [0.25, 0.3) is 0 Å². The predicted molar refractivity (Wildman–Crippen MR) is 82.3 cm³/mol. The third kappa shape index (κ3) is 4.23. The van der Waals surface area contributed by atoms with Gasteiger partial charge in [0.15, 0.2) is 0 Å². The summed E-state index contributed by atoms with van der Waals surface area (Å²) in [5, 5.41) is 14.5. The van der Waals surface area contributed by atoms with E-state index in [1.165, 1.54) is 25.3 Å². The van der Waals surface area contributed by atoms with Crippen molar-refractivity contribution in [1.29, 1.82) is 0 Å². The normalized spacial score (nSPS) is 13.9. The second kappa shape index (κ2) is 6.88. The summed E-state index contributed by atoms with van der Waals surface area (Å²) in [6, 6.07) is 8.66. The molecule has 8 heteroatoms. The number of halogens is 3. The Hall–Kier alpha value is -2.61. The molecule has 1 heterocycles. The Morgan fingerprint density at radius 1 is 1.17 bits per heavy atom. The van der Waals surface area contributed by atoms with E-state index in [1.54, 1.807) is 18.2 Å². The number of nitrogens with zero attached hydrogens (tertiary/aromatic N) is 1. The zero-order chi connectivity index (χ0) is 17.8. The average Bonchev–Trinajstić information content (AvgIpc) is 2.55. The molecule has 0 spiro atoms. The number of amides is 2. The Kier molecular flexibility index (Phi) is 5.08. The maximum atomic E-state index is 12.8. The first-order chi connectivity index (χ1) is 11.2. The molecule has 5 nitrogen and oxygen atoms in total. The molecule has 0 unspecified atom stereocenters. The summed E-state index contributed by atoms with van der Waals surface area (Å²) in [6.45, 7) is 0.852. The fraction of sp³-hybridized carbons (Fsp3) is 0.250. The van der Waals surface area contributed by atoms with Crippen molar-refractivity contribution < 1.29 is 23.1 Å². The molecule has 2 rings (SSSR count). The van der Waals surface area contributed by atoms with Gasteiger partial charge in [-0.25, -0.2) is 9.78 Å². The lowest BCUT2D eigenvalue weighted by Crippen LogP contribution is -2.48. The van der Waals surface area contributed by atoms with Crippen molar-refractivity contribution in [3.05, 3.63) is 59.8 Å². The third-order valence-corrected chi connectivity index (χ3v) is 3.44. The first-order valence-electron chi connectivity index (χ1n) is 7.03. The summed E-state index contributed by atoms with van der Waals surface area (Å²) in [5.74, 6) is 0.277. The summed E-state index contributed by atoms with van der Waals surface area (Å²) >= 11 is 0. The highest BCUT2D eigenvalue weighted by Gasteiger charge is 2.34. The molecule has 0 aliphatic carbocycles. The molecule has 0 aliphatic heterocycles. The van der Waals surface area contributed by atoms with Gasteiger partial charge in [0.2, 0.25) is 0 Å². The number of urea groups is 1. The maximum absolute atomic E-state index is 12.8. The van der Waals surface area contributed by atoms with E-state index in [0.717, 1.165) is 12.1 Å². The van der Waals surface area contributed by atoms with E-state index in [1.807, 2.05) is 0 Å². The molecule has 1 atom stereocenters. The van der Waals surface area contributed by atoms with E-state index in [0.29, 0.717) is 0 Å². The van der Waals surface area contributed by atoms with Crippen LogP contribution in [0.15, 0.2) is 48.7 Å². The Labute approximate surface area is 136 Å². The van der Waals surface area contributed by atoms with Gasteiger partial charge in [-0.15, -0.1) is 0 Å². The zero-order valence-electron chi connectivity index (χ0n) is 12.8. The van der Waals surface area contributed by atoms with Gasteiger partial charge in [0.25, 0.3) is 0 Å². The number of aliphatic hydroxyl groups is 1. The summed E-state index contributed by atoms with van der Waals surface area (Å²) in [5.41, 5.74) is -2.11. The van der Waals surface area contributed by atoms with Crippen molar-refractivity contribution >= 4 is 11.8 Å². The van der Waals surface area contributed by atoms with Crippen molar-refractivity contribution in [3.63, 3.8) is 0 Å². The number of hydrogen-bond donors (Lipinski definition) is 3. The first kappa shape index (κ1) is 17.7. The molecule has 0 radical (unpaired) electrons. The minimum Gasteiger partial charge on any atom is -0.394 e. The smallest absolute Gasteiger partial charge is 0.394 e. The number of anilines is 1. The number of alkyl halides is 3. The van der Waals surface area contributed by atoms with Crippen LogP contribution in [0.3, 0.4) is 0 Å². The van der Waals surface area contributed by atoms with Crippen molar-refractivity contribution in [3.8, 4) is 0 Å². The largest absolute Gasteiger partial charge is 0.416 e. The average molecular weight is 339 g/mol. The lowest BCUT2D eigenvalue weighted by Gasteiger charge is -2.29. The summed E-state index contributed by atoms with van der Waals surface area (Å²) < 4.78 is 38.5. The number of aliphatic hydroxyl groups excluding tert-OH is 1. The number of benzene rings is 1. The minimum atomic E-state index is -4.51. The van der Waals surface area contributed by atoms with Crippen LogP contribution in [-0.2, 0) is 11.7 Å². The summed E-state index contributed by atoms with van der Waals surface area (Å²) in [4.78, 5) is 16.0. The van der Waals surface area contributed by atoms with Crippen molar-refractivity contribution in [2.24, 2.45) is 0 Å². The molecular weight excluding hydrogens is 323 g/mol. The van der Waals surface area contributed by atoms with Gasteiger partial charge in [0.05, 0.1) is 17.7 Å². The molecule has 24 heavy (non-hydrogen) atoms. The lowest BCUT2D eigenvalue weighted by molar-refractivity contribution is -0.137. The van der Waals surface area contributed by atoms with E-state index < -0.39 is 29.9 Å². The predicted octanol–water partition coefficient (Wildman–Crippen LogP) is 3.13. The Balaban J connectivity index is 2.20. The number of rotatable bonds is 4. The van der Waals surface area contributed by atoms with E-state index in [4.69, 9.17) is 0 Å². The Morgan fingerprint density at radius 3 is 2.46 bits per heavy atom. The van der Waals surface area contributed by atoms with Crippen LogP contribution in [0.4, 0.5) is 23.8 Å². The maximum Gasteiger partial charge on any atom is 0.416 e. The standard InChI is InChI=1S/C16H16F3N3O2/c1-15(10-23,11-5-4-6-12(9-11)16(17,18)19)22-14(24)21-13-7-2-3-8-20-13/h2-9,23H,10H2,1H3,(H2,20,21,22,24)/t15-/m0/s1. The summed E-state index contributed by atoms with van der Waals surface area (Å²) in [6.07, 6.45) is -3.03. The fourth-order valence-corrected chi connectivity index (χ4v) is 2.08. The van der Waals surface area contributed by atoms with Gasteiger partial charge in [0.1, 0.15) is 5.82 Å². The van der Waals surface area contributed by atoms with E-state index in [9.17, 15) is 23.1 Å². The van der Waals surface area contributed by atoms with Gasteiger partial charge < -0.3 is 10.4 Å². The molecule has 128 valence electrons. The molecule has 0 saturated carbocycles. The number of carbonyl (C=O) groups excluding carboxylic acids is 1. The summed E-state index contributed by atoms with van der Waals surface area (Å²) in [7, 11) is 0. The topological polar surface area (TPSA) is 74.2 Å². The van der Waals surface area contributed by atoms with Crippen LogP contribution in [-0.4, -0.2) is 22.7 Å². The quantitative estimate of drug-likeness (QED) is 0.801. The highest BCUT2D eigenvalue weighted by molar-refractivity contribution is 5.88. The third-order valence-electron chi connectivity index (χ3n) is 3.44. The molecule has 0 fully saturated rings. The second-order valence-electron chi connectivity index (χ2n) is 5.36. The Bertz CT molecular complexity index is 707. The van der Waals surface area contributed by atoms with Crippen LogP contribution < -0.4 is 10.6 Å². The second-order valence-corrected chi connectivity index (χ2v) is 5.36. The van der Waals surface area contributed by atoms with Gasteiger partial charge in [-0.3, -0.25) is 5.32 Å². The Morgan fingerprint density at radius 2 is 1.88 bits per heavy atom. The van der Waals surface area contributed by atoms with Crippen molar-refractivity contribution in [2.45, 2.75) is 18.6 Å². The van der Waals surface area contributed by atoms with E-state index in [-0.39, 0.29) is 11.4 Å². The molecule has 0 saturated heterocycles. The molecule has 1 aromatic heterocycles. The van der Waals surface area contributed by atoms with Gasteiger partial charge in [-0.05, 0) is 36.8 Å².